The van der Waals surface area contributed by atoms with E-state index in [1.54, 1.807) is 30.2 Å². The van der Waals surface area contributed by atoms with E-state index in [1.165, 1.54) is 10.4 Å². The minimum atomic E-state index is 0.732. The molecule has 114 valence electrons. The molecule has 0 N–H and O–H groups in total. The molecule has 0 aliphatic rings. The molecule has 3 rings (SSSR count). The second-order valence-electron chi connectivity index (χ2n) is 4.65. The number of aryl methyl sites for hydroxylation is 1. The van der Waals surface area contributed by atoms with E-state index in [9.17, 15) is 0 Å². The normalized spacial score (nSPS) is 10.8. The molecule has 0 radical (unpaired) electrons. The van der Waals surface area contributed by atoms with E-state index < -0.39 is 0 Å². The highest BCUT2D eigenvalue weighted by Gasteiger charge is 2.08. The van der Waals surface area contributed by atoms with Gasteiger partial charge in [0, 0.05) is 10.6 Å². The van der Waals surface area contributed by atoms with Crippen molar-refractivity contribution < 1.29 is 4.74 Å². The average molecular weight is 332 g/mol. The van der Waals surface area contributed by atoms with Gasteiger partial charge in [0.2, 0.25) is 5.16 Å². The summed E-state index contributed by atoms with van der Waals surface area (Å²) in [7, 11) is 1.68. The standard InChI is InChI=1S/C15H16N4OS2/c1-20-13-6-4-12(5-7-13)8-10-22-15-16-17-18-19(15)11-14-3-2-9-21-14/h2-7,9H,8,10-11H2,1H3. The molecule has 0 amide bonds. The molecule has 7 heteroatoms. The molecule has 2 aromatic heterocycles. The Morgan fingerprint density at radius 2 is 2.09 bits per heavy atom. The Balaban J connectivity index is 1.54. The number of thioether (sulfide) groups is 1. The van der Waals surface area contributed by atoms with Crippen molar-refractivity contribution in [2.45, 2.75) is 18.1 Å². The first-order valence-corrected chi connectivity index (χ1v) is 8.76. The zero-order chi connectivity index (χ0) is 15.2. The van der Waals surface area contributed by atoms with Crippen LogP contribution in [-0.2, 0) is 13.0 Å². The third kappa shape index (κ3) is 3.86. The Hall–Kier alpha value is -1.86. The van der Waals surface area contributed by atoms with E-state index in [4.69, 9.17) is 4.74 Å². The number of hydrogen-bond donors (Lipinski definition) is 0. The van der Waals surface area contributed by atoms with Gasteiger partial charge in [-0.05, 0) is 46.0 Å². The van der Waals surface area contributed by atoms with Crippen molar-refractivity contribution in [2.75, 3.05) is 12.9 Å². The first-order chi connectivity index (χ1) is 10.8. The number of methoxy groups -OCH3 is 1. The van der Waals surface area contributed by atoms with Crippen LogP contribution in [0.1, 0.15) is 10.4 Å². The Bertz CT molecular complexity index is 695. The molecular formula is C15H16N4OS2. The average Bonchev–Trinajstić information content (AvgIpc) is 3.21. The van der Waals surface area contributed by atoms with Gasteiger partial charge in [0.15, 0.2) is 0 Å². The van der Waals surface area contributed by atoms with Crippen molar-refractivity contribution in [3.05, 3.63) is 52.2 Å². The van der Waals surface area contributed by atoms with E-state index in [-0.39, 0.29) is 0 Å². The fourth-order valence-corrected chi connectivity index (χ4v) is 3.55. The molecule has 22 heavy (non-hydrogen) atoms. The summed E-state index contributed by atoms with van der Waals surface area (Å²) in [6, 6.07) is 12.3. The number of aromatic nitrogens is 4. The van der Waals surface area contributed by atoms with Gasteiger partial charge in [0.25, 0.3) is 0 Å². The van der Waals surface area contributed by atoms with Gasteiger partial charge in [-0.15, -0.1) is 16.4 Å². The first-order valence-electron chi connectivity index (χ1n) is 6.89. The highest BCUT2D eigenvalue weighted by Crippen LogP contribution is 2.19. The van der Waals surface area contributed by atoms with E-state index >= 15 is 0 Å². The van der Waals surface area contributed by atoms with Crippen LogP contribution in [0.5, 0.6) is 5.75 Å². The quantitative estimate of drug-likeness (QED) is 0.622. The largest absolute Gasteiger partial charge is 0.497 e. The second-order valence-corrected chi connectivity index (χ2v) is 6.74. The minimum Gasteiger partial charge on any atom is -0.497 e. The lowest BCUT2D eigenvalue weighted by Crippen LogP contribution is -2.03. The summed E-state index contributed by atoms with van der Waals surface area (Å²) in [5, 5.41) is 14.9. The Morgan fingerprint density at radius 1 is 1.23 bits per heavy atom. The fourth-order valence-electron chi connectivity index (χ4n) is 2.00. The maximum Gasteiger partial charge on any atom is 0.209 e. The molecule has 0 aliphatic carbocycles. The number of tetrazole rings is 1. The van der Waals surface area contributed by atoms with Crippen LogP contribution in [0, 0.1) is 0 Å². The number of benzene rings is 1. The monoisotopic (exact) mass is 332 g/mol. The molecule has 0 atom stereocenters. The minimum absolute atomic E-state index is 0.732. The van der Waals surface area contributed by atoms with Crippen molar-refractivity contribution in [1.29, 1.82) is 0 Å². The maximum atomic E-state index is 5.16. The molecule has 1 aromatic carbocycles. The molecule has 0 aliphatic heterocycles. The molecule has 0 unspecified atom stereocenters. The molecule has 3 aromatic rings. The van der Waals surface area contributed by atoms with Gasteiger partial charge in [-0.2, -0.15) is 0 Å². The van der Waals surface area contributed by atoms with Crippen molar-refractivity contribution in [3.8, 4) is 5.75 Å². The molecule has 0 fully saturated rings. The van der Waals surface area contributed by atoms with Crippen LogP contribution in [-0.4, -0.2) is 33.1 Å². The lowest BCUT2D eigenvalue weighted by Gasteiger charge is -2.04. The summed E-state index contributed by atoms with van der Waals surface area (Å²) in [4.78, 5) is 1.25. The molecular weight excluding hydrogens is 316 g/mol. The van der Waals surface area contributed by atoms with Crippen molar-refractivity contribution in [3.63, 3.8) is 0 Å². The van der Waals surface area contributed by atoms with Gasteiger partial charge in [-0.1, -0.05) is 30.0 Å². The summed E-state index contributed by atoms with van der Waals surface area (Å²) in [5.74, 6) is 1.83. The number of thiophene rings is 1. The van der Waals surface area contributed by atoms with Gasteiger partial charge >= 0.3 is 0 Å². The van der Waals surface area contributed by atoms with Crippen LogP contribution in [0.3, 0.4) is 0 Å². The van der Waals surface area contributed by atoms with Gasteiger partial charge in [0.1, 0.15) is 5.75 Å². The number of rotatable bonds is 7. The van der Waals surface area contributed by atoms with Gasteiger partial charge in [0.05, 0.1) is 13.7 Å². The predicted octanol–water partition coefficient (Wildman–Crippen LogP) is 3.13. The first kappa shape index (κ1) is 15.1. The third-order valence-electron chi connectivity index (χ3n) is 3.17. The zero-order valence-electron chi connectivity index (χ0n) is 12.2. The van der Waals surface area contributed by atoms with Gasteiger partial charge < -0.3 is 4.74 Å². The molecule has 0 saturated carbocycles. The highest BCUT2D eigenvalue weighted by molar-refractivity contribution is 7.99. The van der Waals surface area contributed by atoms with Crippen LogP contribution >= 0.6 is 23.1 Å². The van der Waals surface area contributed by atoms with E-state index in [0.29, 0.717) is 0 Å². The van der Waals surface area contributed by atoms with Crippen LogP contribution in [0.4, 0.5) is 0 Å². The van der Waals surface area contributed by atoms with Crippen molar-refractivity contribution >= 4 is 23.1 Å². The summed E-state index contributed by atoms with van der Waals surface area (Å²) in [6.07, 6.45) is 0.973. The predicted molar refractivity (Wildman–Crippen MR) is 88.7 cm³/mol. The number of nitrogens with zero attached hydrogens (tertiary/aromatic N) is 4. The second kappa shape index (κ2) is 7.42. The summed E-state index contributed by atoms with van der Waals surface area (Å²) < 4.78 is 7.02. The van der Waals surface area contributed by atoms with Crippen LogP contribution in [0.25, 0.3) is 0 Å². The maximum absolute atomic E-state index is 5.16. The Kier molecular flexibility index (Phi) is 5.07. The van der Waals surface area contributed by atoms with Crippen LogP contribution in [0.2, 0.25) is 0 Å². The molecule has 5 nitrogen and oxygen atoms in total. The van der Waals surface area contributed by atoms with Crippen molar-refractivity contribution in [1.82, 2.24) is 20.2 Å². The van der Waals surface area contributed by atoms with Gasteiger partial charge in [-0.25, -0.2) is 4.68 Å². The van der Waals surface area contributed by atoms with E-state index in [2.05, 4.69) is 39.1 Å². The number of ether oxygens (including phenoxy) is 1. The molecule has 0 bridgehead atoms. The smallest absolute Gasteiger partial charge is 0.209 e. The van der Waals surface area contributed by atoms with Crippen LogP contribution in [0.15, 0.2) is 46.9 Å². The fraction of sp³-hybridized carbons (Fsp3) is 0.267. The van der Waals surface area contributed by atoms with Crippen LogP contribution < -0.4 is 4.74 Å². The SMILES string of the molecule is COc1ccc(CCSc2nnnn2Cc2cccs2)cc1. The summed E-state index contributed by atoms with van der Waals surface area (Å²) in [6.45, 7) is 0.732. The highest BCUT2D eigenvalue weighted by atomic mass is 32.2. The third-order valence-corrected chi connectivity index (χ3v) is 4.99. The lowest BCUT2D eigenvalue weighted by molar-refractivity contribution is 0.414. The molecule has 0 spiro atoms. The van der Waals surface area contributed by atoms with E-state index in [1.807, 2.05) is 22.9 Å². The molecule has 0 saturated heterocycles. The number of hydrogen-bond acceptors (Lipinski definition) is 6. The Morgan fingerprint density at radius 3 is 2.82 bits per heavy atom. The zero-order valence-corrected chi connectivity index (χ0v) is 13.8. The lowest BCUT2D eigenvalue weighted by atomic mass is 10.2. The van der Waals surface area contributed by atoms with Gasteiger partial charge in [-0.3, -0.25) is 0 Å². The summed E-state index contributed by atoms with van der Waals surface area (Å²) >= 11 is 3.40. The Labute approximate surface area is 137 Å². The van der Waals surface area contributed by atoms with E-state index in [0.717, 1.165) is 29.6 Å². The van der Waals surface area contributed by atoms with Crippen molar-refractivity contribution in [2.24, 2.45) is 0 Å². The topological polar surface area (TPSA) is 52.8 Å². The molecule has 2 heterocycles. The summed E-state index contributed by atoms with van der Waals surface area (Å²) in [5.41, 5.74) is 1.28.